The summed E-state index contributed by atoms with van der Waals surface area (Å²) in [6, 6.07) is 7.07. The summed E-state index contributed by atoms with van der Waals surface area (Å²) in [5, 5.41) is 0. The van der Waals surface area contributed by atoms with Gasteiger partial charge in [0.2, 0.25) is 10.0 Å². The zero-order valence-corrected chi connectivity index (χ0v) is 12.5. The van der Waals surface area contributed by atoms with Crippen molar-refractivity contribution in [3.63, 3.8) is 0 Å². The van der Waals surface area contributed by atoms with Gasteiger partial charge in [0, 0.05) is 18.8 Å². The molecule has 0 saturated carbocycles. The average Bonchev–Trinajstić information content (AvgIpc) is 2.25. The number of rotatable bonds is 3. The summed E-state index contributed by atoms with van der Waals surface area (Å²) in [6.07, 6.45) is 0. The lowest BCUT2D eigenvalue weighted by Crippen LogP contribution is -2.41. The normalized spacial score (nSPS) is 14.8. The quantitative estimate of drug-likeness (QED) is 0.858. The Morgan fingerprint density at radius 1 is 1.28 bits per heavy atom. The van der Waals surface area contributed by atoms with Crippen LogP contribution in [0.4, 0.5) is 5.69 Å². The minimum atomic E-state index is -3.34. The molecule has 0 aliphatic carbocycles. The number of nitrogens with two attached hydrogens (primary N) is 1. The van der Waals surface area contributed by atoms with Crippen LogP contribution in [0.15, 0.2) is 24.3 Å². The van der Waals surface area contributed by atoms with E-state index in [1.165, 1.54) is 4.31 Å². The van der Waals surface area contributed by atoms with Gasteiger partial charge in [-0.05, 0) is 45.4 Å². The van der Waals surface area contributed by atoms with Crippen molar-refractivity contribution in [2.45, 2.75) is 38.5 Å². The SMILES string of the molecule is CC(c1cccc(N)c1)N(C)S(=O)(=O)C(C)(C)C. The van der Waals surface area contributed by atoms with E-state index in [0.717, 1.165) is 5.56 Å². The first-order valence-electron chi connectivity index (χ1n) is 5.90. The number of hydrogen-bond donors (Lipinski definition) is 1. The van der Waals surface area contributed by atoms with Gasteiger partial charge in [-0.1, -0.05) is 12.1 Å². The van der Waals surface area contributed by atoms with Crippen LogP contribution in [-0.2, 0) is 10.0 Å². The topological polar surface area (TPSA) is 63.4 Å². The maximum Gasteiger partial charge on any atom is 0.219 e. The Balaban J connectivity index is 3.09. The molecule has 1 rings (SSSR count). The Bertz CT molecular complexity index is 518. The molecule has 2 N–H and O–H groups in total. The van der Waals surface area contributed by atoms with E-state index >= 15 is 0 Å². The zero-order valence-electron chi connectivity index (χ0n) is 11.6. The molecule has 1 aromatic rings. The maximum atomic E-state index is 12.3. The highest BCUT2D eigenvalue weighted by molar-refractivity contribution is 7.90. The van der Waals surface area contributed by atoms with Crippen LogP contribution in [0.5, 0.6) is 0 Å². The molecular formula is C13H22N2O2S. The van der Waals surface area contributed by atoms with E-state index in [2.05, 4.69) is 0 Å². The molecular weight excluding hydrogens is 248 g/mol. The standard InChI is InChI=1S/C13H22N2O2S/c1-10(11-7-6-8-12(14)9-11)15(5)18(16,17)13(2,3)4/h6-10H,14H2,1-5H3. The number of nitrogens with zero attached hydrogens (tertiary/aromatic N) is 1. The van der Waals surface area contributed by atoms with Crippen molar-refractivity contribution >= 4 is 15.7 Å². The highest BCUT2D eigenvalue weighted by Crippen LogP contribution is 2.28. The second-order valence-corrected chi connectivity index (χ2v) is 8.23. The molecule has 1 aromatic carbocycles. The Hall–Kier alpha value is -1.07. The van der Waals surface area contributed by atoms with Crippen LogP contribution < -0.4 is 5.73 Å². The van der Waals surface area contributed by atoms with Crippen LogP contribution >= 0.6 is 0 Å². The maximum absolute atomic E-state index is 12.3. The van der Waals surface area contributed by atoms with E-state index in [4.69, 9.17) is 5.73 Å². The van der Waals surface area contributed by atoms with E-state index in [1.54, 1.807) is 40.0 Å². The van der Waals surface area contributed by atoms with Gasteiger partial charge in [-0.2, -0.15) is 4.31 Å². The van der Waals surface area contributed by atoms with E-state index in [-0.39, 0.29) is 6.04 Å². The summed E-state index contributed by atoms with van der Waals surface area (Å²) in [5.74, 6) is 0. The molecule has 0 heterocycles. The summed E-state index contributed by atoms with van der Waals surface area (Å²) < 4.78 is 25.3. The van der Waals surface area contributed by atoms with E-state index in [0.29, 0.717) is 5.69 Å². The van der Waals surface area contributed by atoms with Gasteiger partial charge in [0.1, 0.15) is 0 Å². The minimum Gasteiger partial charge on any atom is -0.399 e. The van der Waals surface area contributed by atoms with Crippen LogP contribution in [0.3, 0.4) is 0 Å². The second-order valence-electron chi connectivity index (χ2n) is 5.48. The lowest BCUT2D eigenvalue weighted by Gasteiger charge is -2.31. The zero-order chi connectivity index (χ0) is 14.1. The average molecular weight is 270 g/mol. The molecule has 0 radical (unpaired) electrons. The second kappa shape index (κ2) is 4.90. The van der Waals surface area contributed by atoms with Crippen LogP contribution in [0, 0.1) is 0 Å². The number of anilines is 1. The molecule has 4 nitrogen and oxygen atoms in total. The van der Waals surface area contributed by atoms with E-state index < -0.39 is 14.8 Å². The molecule has 18 heavy (non-hydrogen) atoms. The molecule has 1 atom stereocenters. The molecule has 0 aliphatic rings. The fourth-order valence-corrected chi connectivity index (χ4v) is 3.07. The molecule has 0 aliphatic heterocycles. The van der Waals surface area contributed by atoms with Gasteiger partial charge in [0.15, 0.2) is 0 Å². The van der Waals surface area contributed by atoms with Crippen molar-refractivity contribution in [2.24, 2.45) is 0 Å². The third kappa shape index (κ3) is 2.84. The van der Waals surface area contributed by atoms with Gasteiger partial charge in [-0.3, -0.25) is 0 Å². The van der Waals surface area contributed by atoms with Crippen molar-refractivity contribution in [1.29, 1.82) is 0 Å². The van der Waals surface area contributed by atoms with Crippen molar-refractivity contribution in [2.75, 3.05) is 12.8 Å². The number of hydrogen-bond acceptors (Lipinski definition) is 3. The van der Waals surface area contributed by atoms with Crippen molar-refractivity contribution in [3.05, 3.63) is 29.8 Å². The summed E-state index contributed by atoms with van der Waals surface area (Å²) in [7, 11) is -1.74. The molecule has 0 spiro atoms. The predicted molar refractivity (Wildman–Crippen MR) is 75.7 cm³/mol. The minimum absolute atomic E-state index is 0.238. The third-order valence-corrected chi connectivity index (χ3v) is 5.71. The summed E-state index contributed by atoms with van der Waals surface area (Å²) >= 11 is 0. The van der Waals surface area contributed by atoms with E-state index in [1.807, 2.05) is 19.1 Å². The van der Waals surface area contributed by atoms with Crippen molar-refractivity contribution in [3.8, 4) is 0 Å². The number of nitrogen functional groups attached to an aromatic ring is 1. The van der Waals surface area contributed by atoms with Gasteiger partial charge < -0.3 is 5.73 Å². The smallest absolute Gasteiger partial charge is 0.219 e. The van der Waals surface area contributed by atoms with Crippen LogP contribution in [0.2, 0.25) is 0 Å². The highest BCUT2D eigenvalue weighted by atomic mass is 32.2. The Morgan fingerprint density at radius 3 is 2.28 bits per heavy atom. The van der Waals surface area contributed by atoms with Gasteiger partial charge in [0.25, 0.3) is 0 Å². The first kappa shape index (κ1) is 15.0. The van der Waals surface area contributed by atoms with Crippen molar-refractivity contribution in [1.82, 2.24) is 4.31 Å². The molecule has 0 amide bonds. The Morgan fingerprint density at radius 2 is 1.83 bits per heavy atom. The van der Waals surface area contributed by atoms with Gasteiger partial charge in [-0.15, -0.1) is 0 Å². The predicted octanol–water partition coefficient (Wildman–Crippen LogP) is 2.39. The molecule has 1 unspecified atom stereocenters. The van der Waals surface area contributed by atoms with Crippen LogP contribution in [-0.4, -0.2) is 24.5 Å². The number of sulfonamides is 1. The molecule has 0 bridgehead atoms. The highest BCUT2D eigenvalue weighted by Gasteiger charge is 2.35. The fraction of sp³-hybridized carbons (Fsp3) is 0.538. The number of benzene rings is 1. The molecule has 0 fully saturated rings. The van der Waals surface area contributed by atoms with E-state index in [9.17, 15) is 8.42 Å². The first-order chi connectivity index (χ1) is 8.07. The Labute approximate surface area is 110 Å². The fourth-order valence-electron chi connectivity index (χ4n) is 1.67. The largest absolute Gasteiger partial charge is 0.399 e. The third-order valence-electron chi connectivity index (χ3n) is 3.09. The van der Waals surface area contributed by atoms with Gasteiger partial charge in [0.05, 0.1) is 4.75 Å². The van der Waals surface area contributed by atoms with Crippen LogP contribution in [0.25, 0.3) is 0 Å². The molecule has 0 aromatic heterocycles. The molecule has 102 valence electrons. The first-order valence-corrected chi connectivity index (χ1v) is 7.34. The van der Waals surface area contributed by atoms with Gasteiger partial charge >= 0.3 is 0 Å². The monoisotopic (exact) mass is 270 g/mol. The summed E-state index contributed by atoms with van der Waals surface area (Å²) in [6.45, 7) is 6.96. The Kier molecular flexibility index (Phi) is 4.08. The lowest BCUT2D eigenvalue weighted by molar-refractivity contribution is 0.383. The summed E-state index contributed by atoms with van der Waals surface area (Å²) in [4.78, 5) is 0. The summed E-state index contributed by atoms with van der Waals surface area (Å²) in [5.41, 5.74) is 7.26. The molecule has 5 heteroatoms. The van der Waals surface area contributed by atoms with Crippen molar-refractivity contribution < 1.29 is 8.42 Å². The van der Waals surface area contributed by atoms with Gasteiger partial charge in [-0.25, -0.2) is 8.42 Å². The lowest BCUT2D eigenvalue weighted by atomic mass is 10.1. The molecule has 0 saturated heterocycles. The van der Waals surface area contributed by atoms with Crippen LogP contribution in [0.1, 0.15) is 39.3 Å².